The average molecular weight is 200 g/mol. The summed E-state index contributed by atoms with van der Waals surface area (Å²) in [6.45, 7) is 4.10. The van der Waals surface area contributed by atoms with E-state index in [9.17, 15) is 4.79 Å². The molecule has 0 atom stereocenters. The lowest BCUT2D eigenvalue weighted by atomic mass is 10.1. The van der Waals surface area contributed by atoms with E-state index in [1.165, 1.54) is 0 Å². The zero-order chi connectivity index (χ0) is 9.90. The SMILES string of the molecule is CC(C)(N)CNC(=O)c1csnn1. The van der Waals surface area contributed by atoms with Gasteiger partial charge >= 0.3 is 0 Å². The molecule has 0 saturated carbocycles. The first-order valence-electron chi connectivity index (χ1n) is 3.83. The van der Waals surface area contributed by atoms with Crippen molar-refractivity contribution in [3.63, 3.8) is 0 Å². The number of aromatic nitrogens is 2. The highest BCUT2D eigenvalue weighted by Gasteiger charge is 2.14. The Morgan fingerprint density at radius 2 is 2.46 bits per heavy atom. The first-order chi connectivity index (χ1) is 5.99. The van der Waals surface area contributed by atoms with Gasteiger partial charge in [0, 0.05) is 17.5 Å². The molecule has 0 aliphatic rings. The van der Waals surface area contributed by atoms with Crippen molar-refractivity contribution in [2.75, 3.05) is 6.54 Å². The van der Waals surface area contributed by atoms with Crippen LogP contribution in [0.3, 0.4) is 0 Å². The second kappa shape index (κ2) is 3.80. The largest absolute Gasteiger partial charge is 0.349 e. The van der Waals surface area contributed by atoms with E-state index in [1.54, 1.807) is 5.38 Å². The topological polar surface area (TPSA) is 80.9 Å². The van der Waals surface area contributed by atoms with Gasteiger partial charge in [0.1, 0.15) is 0 Å². The van der Waals surface area contributed by atoms with Crippen molar-refractivity contribution in [3.8, 4) is 0 Å². The Labute approximate surface area is 80.5 Å². The number of carbonyl (C=O) groups is 1. The van der Waals surface area contributed by atoms with E-state index in [-0.39, 0.29) is 5.91 Å². The molecular formula is C7H12N4OS. The lowest BCUT2D eigenvalue weighted by Gasteiger charge is -2.18. The van der Waals surface area contributed by atoms with Crippen LogP contribution in [0.4, 0.5) is 0 Å². The van der Waals surface area contributed by atoms with Crippen LogP contribution in [0.15, 0.2) is 5.38 Å². The first-order valence-corrected chi connectivity index (χ1v) is 4.67. The molecule has 6 heteroatoms. The molecule has 1 aromatic rings. The standard InChI is InChI=1S/C7H12N4OS/c1-7(2,8)4-9-6(12)5-3-13-11-10-5/h3H,4,8H2,1-2H3,(H,9,12). The number of nitrogens with two attached hydrogens (primary N) is 1. The summed E-state index contributed by atoms with van der Waals surface area (Å²) >= 11 is 1.15. The minimum atomic E-state index is -0.404. The summed E-state index contributed by atoms with van der Waals surface area (Å²) in [5.74, 6) is -0.229. The third-order valence-corrected chi connectivity index (χ3v) is 1.80. The number of rotatable bonds is 3. The molecule has 0 unspecified atom stereocenters. The van der Waals surface area contributed by atoms with Crippen molar-refractivity contribution in [3.05, 3.63) is 11.1 Å². The van der Waals surface area contributed by atoms with Crippen molar-refractivity contribution in [2.45, 2.75) is 19.4 Å². The van der Waals surface area contributed by atoms with Crippen LogP contribution in [-0.4, -0.2) is 27.6 Å². The van der Waals surface area contributed by atoms with Gasteiger partial charge in [0.05, 0.1) is 0 Å². The summed E-state index contributed by atoms with van der Waals surface area (Å²) in [5, 5.41) is 7.89. The summed E-state index contributed by atoms with van der Waals surface area (Å²) in [4.78, 5) is 11.3. The summed E-state index contributed by atoms with van der Waals surface area (Å²) in [6, 6.07) is 0. The van der Waals surface area contributed by atoms with Crippen molar-refractivity contribution < 1.29 is 4.79 Å². The third kappa shape index (κ3) is 3.47. The van der Waals surface area contributed by atoms with Crippen LogP contribution in [0, 0.1) is 0 Å². The molecule has 0 radical (unpaired) electrons. The van der Waals surface area contributed by atoms with Crippen LogP contribution < -0.4 is 11.1 Å². The van der Waals surface area contributed by atoms with Gasteiger partial charge in [0.15, 0.2) is 5.69 Å². The molecule has 1 rings (SSSR count). The average Bonchev–Trinajstić information content (AvgIpc) is 2.50. The summed E-state index contributed by atoms with van der Waals surface area (Å²) in [7, 11) is 0. The van der Waals surface area contributed by atoms with Crippen molar-refractivity contribution in [2.24, 2.45) is 5.73 Å². The molecule has 1 aromatic heterocycles. The molecule has 13 heavy (non-hydrogen) atoms. The number of hydrogen-bond acceptors (Lipinski definition) is 5. The molecule has 0 fully saturated rings. The smallest absolute Gasteiger partial charge is 0.272 e. The Bertz CT molecular complexity index is 277. The van der Waals surface area contributed by atoms with Crippen molar-refractivity contribution in [1.82, 2.24) is 14.9 Å². The first kappa shape index (κ1) is 10.1. The van der Waals surface area contributed by atoms with E-state index in [0.717, 1.165) is 11.5 Å². The fourth-order valence-corrected chi connectivity index (χ4v) is 1.10. The molecule has 0 saturated heterocycles. The quantitative estimate of drug-likeness (QED) is 0.720. The summed E-state index contributed by atoms with van der Waals surface area (Å²) in [5.41, 5.74) is 5.63. The highest BCUT2D eigenvalue weighted by molar-refractivity contribution is 7.03. The van der Waals surface area contributed by atoms with Gasteiger partial charge in [-0.1, -0.05) is 4.49 Å². The van der Waals surface area contributed by atoms with Gasteiger partial charge in [-0.2, -0.15) is 0 Å². The number of nitrogens with one attached hydrogen (secondary N) is 1. The monoisotopic (exact) mass is 200 g/mol. The second-order valence-corrected chi connectivity index (χ2v) is 4.07. The maximum Gasteiger partial charge on any atom is 0.272 e. The van der Waals surface area contributed by atoms with Gasteiger partial charge in [-0.05, 0) is 25.4 Å². The van der Waals surface area contributed by atoms with Crippen LogP contribution in [0.5, 0.6) is 0 Å². The van der Waals surface area contributed by atoms with E-state index in [1.807, 2.05) is 13.8 Å². The molecular weight excluding hydrogens is 188 g/mol. The van der Waals surface area contributed by atoms with Crippen LogP contribution in [-0.2, 0) is 0 Å². The molecule has 3 N–H and O–H groups in total. The normalized spacial score (nSPS) is 11.3. The second-order valence-electron chi connectivity index (χ2n) is 3.46. The molecule has 0 bridgehead atoms. The fraction of sp³-hybridized carbons (Fsp3) is 0.571. The van der Waals surface area contributed by atoms with Gasteiger partial charge in [-0.15, -0.1) is 5.10 Å². The lowest BCUT2D eigenvalue weighted by Crippen LogP contribution is -2.45. The zero-order valence-electron chi connectivity index (χ0n) is 7.57. The van der Waals surface area contributed by atoms with E-state index >= 15 is 0 Å². The van der Waals surface area contributed by atoms with Gasteiger partial charge in [0.25, 0.3) is 5.91 Å². The molecule has 5 nitrogen and oxygen atoms in total. The van der Waals surface area contributed by atoms with Gasteiger partial charge in [0.2, 0.25) is 0 Å². The minimum Gasteiger partial charge on any atom is -0.349 e. The summed E-state index contributed by atoms with van der Waals surface area (Å²) < 4.78 is 3.59. The lowest BCUT2D eigenvalue weighted by molar-refractivity contribution is 0.0941. The zero-order valence-corrected chi connectivity index (χ0v) is 8.39. The van der Waals surface area contributed by atoms with Crippen LogP contribution >= 0.6 is 11.5 Å². The van der Waals surface area contributed by atoms with Gasteiger partial charge < -0.3 is 11.1 Å². The Morgan fingerprint density at radius 3 is 2.92 bits per heavy atom. The maximum absolute atomic E-state index is 11.3. The number of nitrogens with zero attached hydrogens (tertiary/aromatic N) is 2. The van der Waals surface area contributed by atoms with E-state index in [0.29, 0.717) is 12.2 Å². The molecule has 0 aliphatic heterocycles. The third-order valence-electron chi connectivity index (χ3n) is 1.30. The van der Waals surface area contributed by atoms with Crippen LogP contribution in [0.1, 0.15) is 24.3 Å². The van der Waals surface area contributed by atoms with Gasteiger partial charge in [-0.3, -0.25) is 4.79 Å². The highest BCUT2D eigenvalue weighted by Crippen LogP contribution is 1.98. The molecule has 0 spiro atoms. The molecule has 1 amide bonds. The molecule has 72 valence electrons. The Hall–Kier alpha value is -1.01. The Kier molecular flexibility index (Phi) is 2.94. The molecule has 0 aromatic carbocycles. The summed E-state index contributed by atoms with van der Waals surface area (Å²) in [6.07, 6.45) is 0. The maximum atomic E-state index is 11.3. The van der Waals surface area contributed by atoms with Gasteiger partial charge in [-0.25, -0.2) is 0 Å². The highest BCUT2D eigenvalue weighted by atomic mass is 32.1. The number of amides is 1. The Balaban J connectivity index is 2.44. The number of carbonyl (C=O) groups excluding carboxylic acids is 1. The molecule has 1 heterocycles. The fourth-order valence-electron chi connectivity index (χ4n) is 0.662. The predicted molar refractivity (Wildman–Crippen MR) is 50.5 cm³/mol. The number of hydrogen-bond donors (Lipinski definition) is 2. The molecule has 0 aliphatic carbocycles. The van der Waals surface area contributed by atoms with Crippen LogP contribution in [0.25, 0.3) is 0 Å². The van der Waals surface area contributed by atoms with E-state index in [2.05, 4.69) is 14.9 Å². The predicted octanol–water partition coefficient (Wildman–Crippen LogP) is 0.00520. The van der Waals surface area contributed by atoms with E-state index < -0.39 is 5.54 Å². The minimum absolute atomic E-state index is 0.229. The van der Waals surface area contributed by atoms with Crippen LogP contribution in [0.2, 0.25) is 0 Å². The van der Waals surface area contributed by atoms with Crippen molar-refractivity contribution >= 4 is 17.4 Å². The van der Waals surface area contributed by atoms with Crippen molar-refractivity contribution in [1.29, 1.82) is 0 Å². The Morgan fingerprint density at radius 1 is 1.77 bits per heavy atom. The van der Waals surface area contributed by atoms with E-state index in [4.69, 9.17) is 5.73 Å².